The van der Waals surface area contributed by atoms with Crippen molar-refractivity contribution in [2.24, 2.45) is 5.92 Å². The minimum atomic E-state index is -1.35. The molecule has 134 valence electrons. The molecule has 1 atom stereocenters. The lowest BCUT2D eigenvalue weighted by Gasteiger charge is -2.29. The molecule has 2 aromatic rings. The number of H-pyrrole nitrogens is 1. The fraction of sp³-hybridized carbons (Fsp3) is 0.647. The summed E-state index contributed by atoms with van der Waals surface area (Å²) in [4.78, 5) is 11.9. The second-order valence-corrected chi connectivity index (χ2v) is 7.23. The number of nitrogens with one attached hydrogen (secondary N) is 2. The van der Waals surface area contributed by atoms with Crippen LogP contribution in [-0.2, 0) is 4.79 Å². The molecule has 0 aliphatic heterocycles. The van der Waals surface area contributed by atoms with E-state index >= 15 is 0 Å². The number of carbonyl (C=O) groups is 1. The van der Waals surface area contributed by atoms with Crippen molar-refractivity contribution in [3.8, 4) is 11.3 Å². The molecule has 7 nitrogen and oxygen atoms in total. The number of hydrogen-bond donors (Lipinski definition) is 2. The van der Waals surface area contributed by atoms with Crippen LogP contribution in [0.1, 0.15) is 51.0 Å². The molecule has 1 unspecified atom stereocenters. The van der Waals surface area contributed by atoms with Gasteiger partial charge >= 0.3 is 0 Å². The molecule has 4 rings (SSSR count). The van der Waals surface area contributed by atoms with Gasteiger partial charge in [0.25, 0.3) is 5.91 Å². The van der Waals surface area contributed by atoms with E-state index in [1.807, 2.05) is 10.9 Å². The summed E-state index contributed by atoms with van der Waals surface area (Å²) in [5.74, 6) is -0.00780. The molecule has 2 heterocycles. The van der Waals surface area contributed by atoms with Gasteiger partial charge in [-0.25, -0.2) is 9.07 Å². The molecular formula is C17H23FN6O. The van der Waals surface area contributed by atoms with E-state index in [1.165, 1.54) is 0 Å². The molecule has 0 aromatic carbocycles. The van der Waals surface area contributed by atoms with Gasteiger partial charge in [0.1, 0.15) is 5.69 Å². The molecule has 2 N–H and O–H groups in total. The first-order chi connectivity index (χ1) is 12.2. The standard InChI is InChI=1S/C17H23FN6O/c18-15(7-11-1-2-11)17(25)21-13-3-5-14(6-4-13)24-10-16(22-23-24)12-8-19-20-9-12/h8-11,13-15H,1-7H2,(H,19,20)(H,21,25). The maximum atomic E-state index is 13.9. The van der Waals surface area contributed by atoms with Gasteiger partial charge in [-0.1, -0.05) is 18.1 Å². The van der Waals surface area contributed by atoms with Gasteiger partial charge in [-0.15, -0.1) is 5.10 Å². The number of amides is 1. The Morgan fingerprint density at radius 3 is 2.80 bits per heavy atom. The zero-order valence-electron chi connectivity index (χ0n) is 14.1. The molecule has 25 heavy (non-hydrogen) atoms. The minimum absolute atomic E-state index is 0.0677. The van der Waals surface area contributed by atoms with Gasteiger partial charge in [0.05, 0.1) is 18.4 Å². The van der Waals surface area contributed by atoms with Gasteiger partial charge in [0.15, 0.2) is 6.17 Å². The second kappa shape index (κ2) is 6.93. The molecule has 2 saturated carbocycles. The van der Waals surface area contributed by atoms with Crippen LogP contribution in [0.25, 0.3) is 11.3 Å². The lowest BCUT2D eigenvalue weighted by atomic mass is 9.91. The van der Waals surface area contributed by atoms with E-state index in [-0.39, 0.29) is 12.1 Å². The van der Waals surface area contributed by atoms with E-state index in [0.717, 1.165) is 49.8 Å². The van der Waals surface area contributed by atoms with Crippen molar-refractivity contribution in [3.63, 3.8) is 0 Å². The topological polar surface area (TPSA) is 88.5 Å². The summed E-state index contributed by atoms with van der Waals surface area (Å²) >= 11 is 0. The molecule has 0 bridgehead atoms. The summed E-state index contributed by atoms with van der Waals surface area (Å²) < 4.78 is 15.8. The number of aromatic nitrogens is 5. The van der Waals surface area contributed by atoms with E-state index < -0.39 is 12.1 Å². The minimum Gasteiger partial charge on any atom is -0.351 e. The van der Waals surface area contributed by atoms with Crippen molar-refractivity contribution in [1.29, 1.82) is 0 Å². The average molecular weight is 346 g/mol. The zero-order valence-corrected chi connectivity index (χ0v) is 14.1. The fourth-order valence-electron chi connectivity index (χ4n) is 3.51. The predicted molar refractivity (Wildman–Crippen MR) is 89.3 cm³/mol. The Bertz CT molecular complexity index is 703. The van der Waals surface area contributed by atoms with Crippen LogP contribution in [0.2, 0.25) is 0 Å². The van der Waals surface area contributed by atoms with E-state index in [4.69, 9.17) is 0 Å². The summed E-state index contributed by atoms with van der Waals surface area (Å²) in [5, 5.41) is 18.0. The SMILES string of the molecule is O=C(NC1CCC(n2cc(-c3cn[nH]c3)nn2)CC1)C(F)CC1CC1. The van der Waals surface area contributed by atoms with Crippen LogP contribution in [0.15, 0.2) is 18.6 Å². The molecule has 0 saturated heterocycles. The van der Waals surface area contributed by atoms with E-state index in [0.29, 0.717) is 12.3 Å². The van der Waals surface area contributed by atoms with Crippen LogP contribution in [0.3, 0.4) is 0 Å². The average Bonchev–Trinajstić information content (AvgIpc) is 3.10. The Hall–Kier alpha value is -2.25. The number of nitrogens with zero attached hydrogens (tertiary/aromatic N) is 4. The zero-order chi connectivity index (χ0) is 17.2. The smallest absolute Gasteiger partial charge is 0.254 e. The first-order valence-corrected chi connectivity index (χ1v) is 9.04. The summed E-state index contributed by atoms with van der Waals surface area (Å²) in [6.07, 6.45) is 10.1. The van der Waals surface area contributed by atoms with Crippen molar-refractivity contribution < 1.29 is 9.18 Å². The summed E-state index contributed by atoms with van der Waals surface area (Å²) in [6.45, 7) is 0. The van der Waals surface area contributed by atoms with Gasteiger partial charge in [0.2, 0.25) is 0 Å². The maximum Gasteiger partial charge on any atom is 0.254 e. The molecule has 2 aliphatic carbocycles. The quantitative estimate of drug-likeness (QED) is 0.841. The highest BCUT2D eigenvalue weighted by atomic mass is 19.1. The molecule has 0 spiro atoms. The number of alkyl halides is 1. The number of hydrogen-bond acceptors (Lipinski definition) is 4. The highest BCUT2D eigenvalue weighted by Crippen LogP contribution is 2.34. The Morgan fingerprint density at radius 1 is 1.32 bits per heavy atom. The summed E-state index contributed by atoms with van der Waals surface area (Å²) in [6, 6.07) is 0.340. The summed E-state index contributed by atoms with van der Waals surface area (Å²) in [7, 11) is 0. The first-order valence-electron chi connectivity index (χ1n) is 9.04. The van der Waals surface area contributed by atoms with Crippen molar-refractivity contribution in [2.75, 3.05) is 0 Å². The summed E-state index contributed by atoms with van der Waals surface area (Å²) in [5.41, 5.74) is 1.71. The van der Waals surface area contributed by atoms with Crippen LogP contribution in [-0.4, -0.2) is 43.3 Å². The Labute approximate surface area is 145 Å². The highest BCUT2D eigenvalue weighted by molar-refractivity contribution is 5.80. The third-order valence-electron chi connectivity index (χ3n) is 5.24. The van der Waals surface area contributed by atoms with E-state index in [9.17, 15) is 9.18 Å². The Kier molecular flexibility index (Phi) is 4.50. The normalized spacial score (nSPS) is 24.8. The first kappa shape index (κ1) is 16.2. The van der Waals surface area contributed by atoms with E-state index in [2.05, 4.69) is 25.8 Å². The molecular weight excluding hydrogens is 323 g/mol. The maximum absolute atomic E-state index is 13.9. The third-order valence-corrected chi connectivity index (χ3v) is 5.24. The van der Waals surface area contributed by atoms with Crippen molar-refractivity contribution >= 4 is 5.91 Å². The van der Waals surface area contributed by atoms with Gasteiger partial charge < -0.3 is 5.32 Å². The lowest BCUT2D eigenvalue weighted by Crippen LogP contribution is -2.42. The van der Waals surface area contributed by atoms with Gasteiger partial charge in [0, 0.05) is 17.8 Å². The van der Waals surface area contributed by atoms with Crippen LogP contribution < -0.4 is 5.32 Å². The lowest BCUT2D eigenvalue weighted by molar-refractivity contribution is -0.127. The second-order valence-electron chi connectivity index (χ2n) is 7.23. The molecule has 2 fully saturated rings. The predicted octanol–water partition coefficient (Wildman–Crippen LogP) is 2.41. The molecule has 2 aliphatic rings. The van der Waals surface area contributed by atoms with Crippen molar-refractivity contribution in [3.05, 3.63) is 18.6 Å². The molecule has 8 heteroatoms. The van der Waals surface area contributed by atoms with Gasteiger partial charge in [-0.05, 0) is 38.0 Å². The number of rotatable bonds is 6. The van der Waals surface area contributed by atoms with Crippen molar-refractivity contribution in [1.82, 2.24) is 30.5 Å². The van der Waals surface area contributed by atoms with Crippen LogP contribution in [0.5, 0.6) is 0 Å². The largest absolute Gasteiger partial charge is 0.351 e. The molecule has 1 amide bonds. The fourth-order valence-corrected chi connectivity index (χ4v) is 3.51. The van der Waals surface area contributed by atoms with Gasteiger partial charge in [-0.3, -0.25) is 9.89 Å². The molecule has 2 aromatic heterocycles. The number of halogens is 1. The highest BCUT2D eigenvalue weighted by Gasteiger charge is 2.31. The number of carbonyl (C=O) groups excluding carboxylic acids is 1. The molecule has 0 radical (unpaired) electrons. The van der Waals surface area contributed by atoms with E-state index in [1.54, 1.807) is 12.4 Å². The Balaban J connectivity index is 1.27. The van der Waals surface area contributed by atoms with Gasteiger partial charge in [-0.2, -0.15) is 5.10 Å². The third kappa shape index (κ3) is 3.88. The van der Waals surface area contributed by atoms with Crippen LogP contribution in [0.4, 0.5) is 4.39 Å². The number of aromatic amines is 1. The van der Waals surface area contributed by atoms with Crippen LogP contribution >= 0.6 is 0 Å². The Morgan fingerprint density at radius 2 is 2.12 bits per heavy atom. The monoisotopic (exact) mass is 346 g/mol. The van der Waals surface area contributed by atoms with Crippen LogP contribution in [0, 0.1) is 5.92 Å². The van der Waals surface area contributed by atoms with Crippen molar-refractivity contribution in [2.45, 2.75) is 63.2 Å².